The summed E-state index contributed by atoms with van der Waals surface area (Å²) in [6.45, 7) is 4.57. The summed E-state index contributed by atoms with van der Waals surface area (Å²) in [4.78, 5) is 0. The van der Waals surface area contributed by atoms with Crippen LogP contribution in [0.25, 0.3) is 0 Å². The number of benzene rings is 2. The van der Waals surface area contributed by atoms with E-state index in [2.05, 4.69) is 68.5 Å². The first kappa shape index (κ1) is 12.0. The maximum atomic E-state index is 2.49. The third-order valence-corrected chi connectivity index (χ3v) is 4.72. The van der Waals surface area contributed by atoms with Gasteiger partial charge in [0.25, 0.3) is 0 Å². The lowest BCUT2D eigenvalue weighted by atomic mass is 9.61. The lowest BCUT2D eigenvalue weighted by molar-refractivity contribution is 0.621. The van der Waals surface area contributed by atoms with E-state index < -0.39 is 0 Å². The zero-order valence-corrected chi connectivity index (χ0v) is 12.1. The highest BCUT2D eigenvalue weighted by Crippen LogP contribution is 2.55. The van der Waals surface area contributed by atoms with Gasteiger partial charge in [0.2, 0.25) is 0 Å². The van der Waals surface area contributed by atoms with Crippen molar-refractivity contribution in [3.8, 4) is 0 Å². The number of allylic oxidation sites excluding steroid dienone is 2. The number of fused-ring (bicyclic) bond motifs is 1. The van der Waals surface area contributed by atoms with E-state index in [1.54, 1.807) is 16.7 Å². The van der Waals surface area contributed by atoms with Gasteiger partial charge in [0.05, 0.1) is 0 Å². The molecule has 0 nitrogen and oxygen atoms in total. The molecule has 0 amide bonds. The molecule has 2 aromatic rings. The normalized spacial score (nSPS) is 24.9. The fourth-order valence-electron chi connectivity index (χ4n) is 4.08. The maximum Gasteiger partial charge on any atom is 0.0305 e. The summed E-state index contributed by atoms with van der Waals surface area (Å²) < 4.78 is 0. The highest BCUT2D eigenvalue weighted by molar-refractivity contribution is 5.60. The number of hydrogen-bond acceptors (Lipinski definition) is 0. The van der Waals surface area contributed by atoms with Crippen molar-refractivity contribution in [1.82, 2.24) is 0 Å². The van der Waals surface area contributed by atoms with E-state index in [1.165, 1.54) is 17.5 Å². The second kappa shape index (κ2) is 4.34. The van der Waals surface area contributed by atoms with Gasteiger partial charge in [-0.05, 0) is 34.6 Å². The first-order valence-electron chi connectivity index (χ1n) is 7.64. The Morgan fingerprint density at radius 2 is 1.35 bits per heavy atom. The third-order valence-electron chi connectivity index (χ3n) is 4.72. The molecule has 2 aromatic carbocycles. The minimum absolute atomic E-state index is 0.495. The van der Waals surface area contributed by atoms with Gasteiger partial charge in [0.15, 0.2) is 0 Å². The van der Waals surface area contributed by atoms with Gasteiger partial charge >= 0.3 is 0 Å². The van der Waals surface area contributed by atoms with Crippen molar-refractivity contribution >= 4 is 0 Å². The van der Waals surface area contributed by atoms with Crippen molar-refractivity contribution in [2.75, 3.05) is 0 Å². The van der Waals surface area contributed by atoms with Crippen LogP contribution in [0, 0.1) is 5.92 Å². The van der Waals surface area contributed by atoms with Crippen LogP contribution >= 0.6 is 0 Å². The Morgan fingerprint density at radius 1 is 0.850 bits per heavy atom. The van der Waals surface area contributed by atoms with Crippen molar-refractivity contribution < 1.29 is 0 Å². The Bertz CT molecular complexity index is 643. The summed E-state index contributed by atoms with van der Waals surface area (Å²) in [6.07, 6.45) is 3.69. The van der Waals surface area contributed by atoms with Crippen LogP contribution in [0.3, 0.4) is 0 Å². The quantitative estimate of drug-likeness (QED) is 0.614. The lowest BCUT2D eigenvalue weighted by Crippen LogP contribution is -2.26. The van der Waals surface area contributed by atoms with E-state index in [-0.39, 0.29) is 0 Å². The second-order valence-electron chi connectivity index (χ2n) is 6.43. The van der Waals surface area contributed by atoms with Crippen molar-refractivity contribution in [1.29, 1.82) is 0 Å². The zero-order valence-electron chi connectivity index (χ0n) is 12.1. The van der Waals surface area contributed by atoms with Gasteiger partial charge in [-0.25, -0.2) is 0 Å². The van der Waals surface area contributed by atoms with Crippen LogP contribution in [-0.2, 0) is 0 Å². The molecular formula is C20H20. The van der Waals surface area contributed by atoms with Crippen LogP contribution < -0.4 is 0 Å². The molecule has 2 bridgehead atoms. The Morgan fingerprint density at radius 3 is 1.85 bits per heavy atom. The van der Waals surface area contributed by atoms with Crippen molar-refractivity contribution in [3.05, 3.63) is 82.4 Å². The van der Waals surface area contributed by atoms with Crippen LogP contribution in [0.5, 0.6) is 0 Å². The molecule has 20 heavy (non-hydrogen) atoms. The molecule has 0 saturated carbocycles. The Labute approximate surface area is 121 Å². The Kier molecular flexibility index (Phi) is 2.60. The summed E-state index contributed by atoms with van der Waals surface area (Å²) >= 11 is 0. The first-order chi connectivity index (χ1) is 9.75. The molecule has 0 radical (unpaired) electrons. The SMILES string of the molecule is CC(C)/C=C1\CC2c3ccccc3C1c1ccccc12. The summed E-state index contributed by atoms with van der Waals surface area (Å²) in [7, 11) is 0. The van der Waals surface area contributed by atoms with Gasteiger partial charge in [-0.15, -0.1) is 0 Å². The Balaban J connectivity index is 1.98. The molecule has 0 spiro atoms. The summed E-state index contributed by atoms with van der Waals surface area (Å²) in [5.74, 6) is 1.69. The minimum Gasteiger partial charge on any atom is -0.0818 e. The van der Waals surface area contributed by atoms with Crippen LogP contribution in [0.2, 0.25) is 0 Å². The fourth-order valence-corrected chi connectivity index (χ4v) is 4.08. The molecule has 3 aliphatic rings. The van der Waals surface area contributed by atoms with Gasteiger partial charge in [-0.3, -0.25) is 0 Å². The number of hydrogen-bond donors (Lipinski definition) is 0. The van der Waals surface area contributed by atoms with E-state index in [4.69, 9.17) is 0 Å². The molecule has 100 valence electrons. The maximum absolute atomic E-state index is 2.49. The number of rotatable bonds is 1. The van der Waals surface area contributed by atoms with Crippen molar-refractivity contribution in [2.45, 2.75) is 32.1 Å². The van der Waals surface area contributed by atoms with Gasteiger partial charge in [0.1, 0.15) is 0 Å². The summed E-state index contributed by atoms with van der Waals surface area (Å²) in [5.41, 5.74) is 7.81. The van der Waals surface area contributed by atoms with Gasteiger partial charge in [-0.2, -0.15) is 0 Å². The van der Waals surface area contributed by atoms with Crippen LogP contribution in [0.1, 0.15) is 54.4 Å². The first-order valence-corrected chi connectivity index (χ1v) is 7.64. The molecule has 0 fully saturated rings. The van der Waals surface area contributed by atoms with Crippen LogP contribution in [0.15, 0.2) is 60.2 Å². The monoisotopic (exact) mass is 260 g/mol. The highest BCUT2D eigenvalue weighted by Gasteiger charge is 2.39. The molecule has 0 heterocycles. The average molecular weight is 260 g/mol. The molecule has 5 rings (SSSR count). The predicted octanol–water partition coefficient (Wildman–Crippen LogP) is 5.25. The predicted molar refractivity (Wildman–Crippen MR) is 84.1 cm³/mol. The average Bonchev–Trinajstić information content (AvgIpc) is 2.47. The van der Waals surface area contributed by atoms with Crippen molar-refractivity contribution in [3.63, 3.8) is 0 Å². The largest absolute Gasteiger partial charge is 0.0818 e. The topological polar surface area (TPSA) is 0 Å². The molecule has 0 atom stereocenters. The standard InChI is InChI=1S/C20H20/c1-13(2)11-14-12-19-15-7-3-5-9-17(15)20(14)18-10-6-4-8-16(18)19/h3-11,13,19-20H,12H2,1-2H3/b14-11+. The highest BCUT2D eigenvalue weighted by atomic mass is 14.4. The van der Waals surface area contributed by atoms with Gasteiger partial charge < -0.3 is 0 Å². The van der Waals surface area contributed by atoms with Crippen LogP contribution in [0.4, 0.5) is 0 Å². The van der Waals surface area contributed by atoms with Crippen molar-refractivity contribution in [2.24, 2.45) is 5.92 Å². The molecule has 0 saturated heterocycles. The smallest absolute Gasteiger partial charge is 0.0305 e. The molecule has 3 aliphatic carbocycles. The second-order valence-corrected chi connectivity index (χ2v) is 6.43. The molecule has 0 aliphatic heterocycles. The third kappa shape index (κ3) is 1.61. The Hall–Kier alpha value is -1.82. The fraction of sp³-hybridized carbons (Fsp3) is 0.300. The molecule has 0 heteroatoms. The van der Waals surface area contributed by atoms with E-state index in [0.29, 0.717) is 17.8 Å². The van der Waals surface area contributed by atoms with E-state index in [9.17, 15) is 0 Å². The summed E-state index contributed by atoms with van der Waals surface area (Å²) in [5, 5.41) is 0. The molecule has 0 N–H and O–H groups in total. The zero-order chi connectivity index (χ0) is 13.7. The lowest BCUT2D eigenvalue weighted by Gasteiger charge is -2.42. The minimum atomic E-state index is 0.495. The molecule has 0 unspecified atom stereocenters. The van der Waals surface area contributed by atoms with E-state index in [0.717, 1.165) is 0 Å². The van der Waals surface area contributed by atoms with Gasteiger partial charge in [0, 0.05) is 11.8 Å². The molecular weight excluding hydrogens is 240 g/mol. The van der Waals surface area contributed by atoms with E-state index in [1.807, 2.05) is 0 Å². The van der Waals surface area contributed by atoms with E-state index >= 15 is 0 Å². The van der Waals surface area contributed by atoms with Gasteiger partial charge in [-0.1, -0.05) is 74.0 Å². The summed E-state index contributed by atoms with van der Waals surface area (Å²) in [6, 6.07) is 18.1. The van der Waals surface area contributed by atoms with Crippen LogP contribution in [-0.4, -0.2) is 0 Å². The molecule has 0 aromatic heterocycles.